The summed E-state index contributed by atoms with van der Waals surface area (Å²) in [4.78, 5) is 11.6. The number of carbonyl (C=O) groups is 1. The van der Waals surface area contributed by atoms with Gasteiger partial charge in [0.05, 0.1) is 38.8 Å². The molecule has 1 aliphatic rings. The summed E-state index contributed by atoms with van der Waals surface area (Å²) in [7, 11) is 8.11. The molecule has 0 radical (unpaired) electrons. The molecule has 0 aromatic rings. The Hall–Kier alpha value is -0.650. The van der Waals surface area contributed by atoms with Crippen LogP contribution in [0.4, 0.5) is 0 Å². The van der Waals surface area contributed by atoms with Gasteiger partial charge < -0.3 is 18.7 Å². The number of carbonyl (C=O) groups excluding carboxylic acids is 1. The van der Waals surface area contributed by atoms with Crippen molar-refractivity contribution in [3.05, 3.63) is 0 Å². The fourth-order valence-corrected chi connectivity index (χ4v) is 3.75. The first-order chi connectivity index (χ1) is 11.8. The average Bonchev–Trinajstić information content (AvgIpc) is 2.64. The highest BCUT2D eigenvalue weighted by Gasteiger charge is 2.29. The molecule has 25 heavy (non-hydrogen) atoms. The van der Waals surface area contributed by atoms with Crippen LogP contribution in [0.1, 0.15) is 52.4 Å². The van der Waals surface area contributed by atoms with Crippen LogP contribution < -0.4 is 0 Å². The first-order valence-electron chi connectivity index (χ1n) is 9.81. The molecule has 0 aromatic heterocycles. The quantitative estimate of drug-likeness (QED) is 0.493. The van der Waals surface area contributed by atoms with Gasteiger partial charge in [-0.15, -0.1) is 0 Å². The van der Waals surface area contributed by atoms with Crippen LogP contribution in [0, 0.1) is 11.8 Å². The molecule has 148 valence electrons. The van der Waals surface area contributed by atoms with Gasteiger partial charge in [-0.3, -0.25) is 4.79 Å². The molecule has 0 amide bonds. The Labute approximate surface area is 154 Å². The predicted octanol–water partition coefficient (Wildman–Crippen LogP) is 3.26. The minimum Gasteiger partial charge on any atom is -0.459 e. The van der Waals surface area contributed by atoms with E-state index in [1.54, 1.807) is 0 Å². The highest BCUT2D eigenvalue weighted by molar-refractivity contribution is 5.71. The normalized spacial score (nSPS) is 26.0. The summed E-state index contributed by atoms with van der Waals surface area (Å²) in [5, 5.41) is 0. The van der Waals surface area contributed by atoms with Gasteiger partial charge in [0, 0.05) is 20.1 Å². The van der Waals surface area contributed by atoms with Crippen LogP contribution in [0.3, 0.4) is 0 Å². The second kappa shape index (κ2) is 11.1. The first kappa shape index (κ1) is 22.4. The van der Waals surface area contributed by atoms with Crippen LogP contribution in [0.25, 0.3) is 0 Å². The molecule has 1 aliphatic carbocycles. The zero-order chi connectivity index (χ0) is 18.9. The van der Waals surface area contributed by atoms with Crippen molar-refractivity contribution in [1.29, 1.82) is 0 Å². The minimum atomic E-state index is -0.110. The van der Waals surface area contributed by atoms with Crippen molar-refractivity contribution in [2.24, 2.45) is 11.8 Å². The van der Waals surface area contributed by atoms with Gasteiger partial charge in [-0.25, -0.2) is 0 Å². The third-order valence-electron chi connectivity index (χ3n) is 5.33. The van der Waals surface area contributed by atoms with Crippen molar-refractivity contribution in [1.82, 2.24) is 0 Å². The van der Waals surface area contributed by atoms with E-state index in [0.717, 1.165) is 43.3 Å². The molecule has 5 heteroatoms. The van der Waals surface area contributed by atoms with E-state index in [0.29, 0.717) is 24.7 Å². The van der Waals surface area contributed by atoms with Crippen molar-refractivity contribution in [3.63, 3.8) is 0 Å². The largest absolute Gasteiger partial charge is 0.459 e. The Kier molecular flexibility index (Phi) is 9.98. The Morgan fingerprint density at radius 3 is 2.00 bits per heavy atom. The second-order valence-corrected chi connectivity index (χ2v) is 8.50. The number of likely N-dealkylation sites (N-methyl/N-ethyl adjacent to an activating group) is 1. The Morgan fingerprint density at radius 2 is 1.56 bits per heavy atom. The second-order valence-electron chi connectivity index (χ2n) is 8.50. The molecule has 0 bridgehead atoms. The fourth-order valence-electron chi connectivity index (χ4n) is 3.75. The van der Waals surface area contributed by atoms with E-state index in [1.807, 2.05) is 28.1 Å². The number of quaternary nitrogens is 1. The number of hydrogen-bond acceptors (Lipinski definition) is 4. The van der Waals surface area contributed by atoms with Gasteiger partial charge >= 0.3 is 5.97 Å². The first-order valence-corrected chi connectivity index (χ1v) is 9.81. The van der Waals surface area contributed by atoms with Gasteiger partial charge in [0.2, 0.25) is 0 Å². The maximum Gasteiger partial charge on any atom is 0.308 e. The summed E-state index contributed by atoms with van der Waals surface area (Å²) in [5.74, 6) is 0.389. The summed E-state index contributed by atoms with van der Waals surface area (Å²) in [6.45, 7) is 6.12. The van der Waals surface area contributed by atoms with E-state index in [4.69, 9.17) is 14.2 Å². The van der Waals surface area contributed by atoms with Crippen LogP contribution >= 0.6 is 0 Å². The number of rotatable bonds is 8. The lowest BCUT2D eigenvalue weighted by Gasteiger charge is -2.35. The lowest BCUT2D eigenvalue weighted by molar-refractivity contribution is -0.894. The van der Waals surface area contributed by atoms with Crippen LogP contribution in [0.2, 0.25) is 0 Å². The molecule has 0 saturated heterocycles. The molecule has 0 aromatic carbocycles. The highest BCUT2D eigenvalue weighted by atomic mass is 16.5. The summed E-state index contributed by atoms with van der Waals surface area (Å²) >= 11 is 0. The molecular weight excluding hydrogens is 318 g/mol. The smallest absolute Gasteiger partial charge is 0.308 e. The third-order valence-corrected chi connectivity index (χ3v) is 5.33. The minimum absolute atomic E-state index is 0.0603. The summed E-state index contributed by atoms with van der Waals surface area (Å²) in [6.07, 6.45) is 7.58. The lowest BCUT2D eigenvalue weighted by atomic mass is 9.93. The van der Waals surface area contributed by atoms with Crippen molar-refractivity contribution in [2.75, 3.05) is 48.0 Å². The summed E-state index contributed by atoms with van der Waals surface area (Å²) in [6, 6.07) is 0. The van der Waals surface area contributed by atoms with E-state index in [1.165, 1.54) is 12.8 Å². The number of nitrogens with zero attached hydrogens (tertiary/aromatic N) is 1. The van der Waals surface area contributed by atoms with Gasteiger partial charge in [0.1, 0.15) is 13.2 Å². The summed E-state index contributed by atoms with van der Waals surface area (Å²) < 4.78 is 17.7. The molecule has 1 saturated carbocycles. The van der Waals surface area contributed by atoms with Crippen molar-refractivity contribution < 1.29 is 23.5 Å². The van der Waals surface area contributed by atoms with Crippen LogP contribution in [0.5, 0.6) is 0 Å². The maximum atomic E-state index is 11.6. The van der Waals surface area contributed by atoms with Crippen LogP contribution in [-0.2, 0) is 19.0 Å². The van der Waals surface area contributed by atoms with Gasteiger partial charge in [-0.1, -0.05) is 26.7 Å². The standard InChI is InChI=1S/C20H40NO4/c1-16(2)20(22)25-12-11-21(3,4)15-17-13-18(23-5)9-7-8-10-19(14-17)24-6/h16-19H,7-15H2,1-6H3/q+1. The topological polar surface area (TPSA) is 44.8 Å². The zero-order valence-electron chi connectivity index (χ0n) is 17.3. The van der Waals surface area contributed by atoms with Gasteiger partial charge in [0.25, 0.3) is 0 Å². The van der Waals surface area contributed by atoms with E-state index >= 15 is 0 Å². The van der Waals surface area contributed by atoms with E-state index < -0.39 is 0 Å². The monoisotopic (exact) mass is 358 g/mol. The molecule has 1 rings (SSSR count). The van der Waals surface area contributed by atoms with Crippen LogP contribution in [0.15, 0.2) is 0 Å². The van der Waals surface area contributed by atoms with Gasteiger partial charge in [-0.2, -0.15) is 0 Å². The SMILES string of the molecule is COC1CCCCC(OC)CC(C[N+](C)(C)CCOC(=O)C(C)C)C1. The predicted molar refractivity (Wildman–Crippen MR) is 100 cm³/mol. The van der Waals surface area contributed by atoms with Crippen molar-refractivity contribution in [2.45, 2.75) is 64.6 Å². The molecule has 0 aliphatic heterocycles. The summed E-state index contributed by atoms with van der Waals surface area (Å²) in [5.41, 5.74) is 0. The maximum absolute atomic E-state index is 11.6. The molecule has 2 unspecified atom stereocenters. The Morgan fingerprint density at radius 1 is 1.04 bits per heavy atom. The molecule has 0 N–H and O–H groups in total. The number of esters is 1. The number of methoxy groups -OCH3 is 2. The van der Waals surface area contributed by atoms with E-state index in [2.05, 4.69) is 14.1 Å². The van der Waals surface area contributed by atoms with Gasteiger partial charge in [-0.05, 0) is 25.7 Å². The molecule has 0 spiro atoms. The average molecular weight is 359 g/mol. The molecule has 1 fully saturated rings. The number of hydrogen-bond donors (Lipinski definition) is 0. The molecular formula is C20H40NO4+. The van der Waals surface area contributed by atoms with Gasteiger partial charge in [0.15, 0.2) is 0 Å². The lowest BCUT2D eigenvalue weighted by Crippen LogP contribution is -2.47. The molecule has 5 nitrogen and oxygen atoms in total. The Bertz CT molecular complexity index is 368. The molecule has 0 heterocycles. The third kappa shape index (κ3) is 9.02. The zero-order valence-corrected chi connectivity index (χ0v) is 17.3. The highest BCUT2D eigenvalue weighted by Crippen LogP contribution is 2.27. The fraction of sp³-hybridized carbons (Fsp3) is 0.950. The van der Waals surface area contributed by atoms with E-state index in [9.17, 15) is 4.79 Å². The van der Waals surface area contributed by atoms with Crippen molar-refractivity contribution in [3.8, 4) is 0 Å². The van der Waals surface area contributed by atoms with Crippen molar-refractivity contribution >= 4 is 5.97 Å². The Balaban J connectivity index is 2.60. The van der Waals surface area contributed by atoms with Crippen LogP contribution in [-0.4, -0.2) is 70.7 Å². The molecule has 2 atom stereocenters. The number of ether oxygens (including phenoxy) is 3. The van der Waals surface area contributed by atoms with E-state index in [-0.39, 0.29) is 11.9 Å².